The number of aliphatic hydroxyl groups is 5. The van der Waals surface area contributed by atoms with Crippen molar-refractivity contribution in [3.8, 4) is 0 Å². The van der Waals surface area contributed by atoms with Crippen molar-refractivity contribution < 1.29 is 30.3 Å². The Hall–Kier alpha value is -1.80. The summed E-state index contributed by atoms with van der Waals surface area (Å²) in [7, 11) is 0. The highest BCUT2D eigenvalue weighted by Gasteiger charge is 2.61. The summed E-state index contributed by atoms with van der Waals surface area (Å²) in [5, 5.41) is 52.6. The second-order valence-electron chi connectivity index (χ2n) is 5.93. The summed E-state index contributed by atoms with van der Waals surface area (Å²) >= 11 is 0. The van der Waals surface area contributed by atoms with Crippen molar-refractivity contribution in [2.24, 2.45) is 0 Å². The van der Waals surface area contributed by atoms with Gasteiger partial charge in [0.1, 0.15) is 23.9 Å². The lowest BCUT2D eigenvalue weighted by Gasteiger charge is -2.51. The Kier molecular flexibility index (Phi) is 4.44. The fraction of sp³-hybridized carbons (Fsp3) is 0.333. The van der Waals surface area contributed by atoms with Crippen LogP contribution in [0, 0.1) is 0 Å². The monoisotopic (exact) mass is 332 g/mol. The summed E-state index contributed by atoms with van der Waals surface area (Å²) in [5.41, 5.74) is -1.59. The number of rotatable bonds is 3. The van der Waals surface area contributed by atoms with Gasteiger partial charge >= 0.3 is 0 Å². The quantitative estimate of drug-likeness (QED) is 0.534. The van der Waals surface area contributed by atoms with Crippen LogP contribution in [0.25, 0.3) is 0 Å². The van der Waals surface area contributed by atoms with Crippen molar-refractivity contribution in [3.63, 3.8) is 0 Å². The minimum atomic E-state index is -2.25. The number of benzene rings is 2. The fourth-order valence-corrected chi connectivity index (χ4v) is 3.18. The largest absolute Gasteiger partial charge is 0.394 e. The van der Waals surface area contributed by atoms with Gasteiger partial charge in [-0.1, -0.05) is 60.7 Å². The maximum atomic E-state index is 11.0. The summed E-state index contributed by atoms with van der Waals surface area (Å²) in [5.74, 6) is -2.25. The third kappa shape index (κ3) is 2.44. The molecular formula is C18H20O6. The molecule has 1 aliphatic rings. The van der Waals surface area contributed by atoms with E-state index in [1.165, 1.54) is 12.1 Å². The number of aliphatic hydroxyl groups excluding tert-OH is 3. The highest BCUT2D eigenvalue weighted by Crippen LogP contribution is 2.45. The zero-order chi connectivity index (χ0) is 17.4. The van der Waals surface area contributed by atoms with Crippen molar-refractivity contribution >= 4 is 0 Å². The fourth-order valence-electron chi connectivity index (χ4n) is 3.18. The van der Waals surface area contributed by atoms with Gasteiger partial charge in [0.25, 0.3) is 0 Å². The molecule has 5 N–H and O–H groups in total. The minimum absolute atomic E-state index is 0.213. The van der Waals surface area contributed by atoms with Gasteiger partial charge in [-0.2, -0.15) is 0 Å². The van der Waals surface area contributed by atoms with E-state index in [1.807, 2.05) is 0 Å². The van der Waals surface area contributed by atoms with Gasteiger partial charge in [0.15, 0.2) is 0 Å². The van der Waals surface area contributed by atoms with Gasteiger partial charge in [-0.25, -0.2) is 0 Å². The third-order valence-corrected chi connectivity index (χ3v) is 4.55. The average molecular weight is 332 g/mol. The molecule has 0 radical (unpaired) electrons. The summed E-state index contributed by atoms with van der Waals surface area (Å²) in [6.07, 6.45) is -4.95. The normalized spacial score (nSPS) is 36.5. The van der Waals surface area contributed by atoms with E-state index in [9.17, 15) is 25.5 Å². The Balaban J connectivity index is 2.07. The molecule has 0 amide bonds. The summed E-state index contributed by atoms with van der Waals surface area (Å²) in [6.45, 7) is -0.662. The van der Waals surface area contributed by atoms with E-state index in [2.05, 4.69) is 0 Å². The molecule has 0 aromatic heterocycles. The van der Waals surface area contributed by atoms with Gasteiger partial charge in [0.2, 0.25) is 5.79 Å². The Morgan fingerprint density at radius 3 is 1.79 bits per heavy atom. The minimum Gasteiger partial charge on any atom is -0.394 e. The van der Waals surface area contributed by atoms with Crippen LogP contribution in [0.15, 0.2) is 60.7 Å². The van der Waals surface area contributed by atoms with E-state index in [4.69, 9.17) is 4.74 Å². The predicted octanol–water partition coefficient (Wildman–Crippen LogP) is -0.168. The molecule has 0 spiro atoms. The predicted molar refractivity (Wildman–Crippen MR) is 84.7 cm³/mol. The van der Waals surface area contributed by atoms with Crippen molar-refractivity contribution in [2.45, 2.75) is 29.7 Å². The van der Waals surface area contributed by atoms with Gasteiger partial charge in [0.05, 0.1) is 6.61 Å². The van der Waals surface area contributed by atoms with Gasteiger partial charge in [0, 0.05) is 5.56 Å². The molecule has 0 bridgehead atoms. The average Bonchev–Trinajstić information content (AvgIpc) is 2.64. The first-order chi connectivity index (χ1) is 11.4. The summed E-state index contributed by atoms with van der Waals surface area (Å²) < 4.78 is 5.51. The molecule has 2 aromatic carbocycles. The van der Waals surface area contributed by atoms with Crippen LogP contribution in [-0.2, 0) is 16.1 Å². The van der Waals surface area contributed by atoms with Gasteiger partial charge in [-0.3, -0.25) is 0 Å². The first-order valence-electron chi connectivity index (χ1n) is 7.65. The maximum Gasteiger partial charge on any atom is 0.222 e. The zero-order valence-electron chi connectivity index (χ0n) is 12.9. The van der Waals surface area contributed by atoms with Crippen LogP contribution >= 0.6 is 0 Å². The molecule has 24 heavy (non-hydrogen) atoms. The molecule has 1 fully saturated rings. The maximum absolute atomic E-state index is 11.0. The van der Waals surface area contributed by atoms with Crippen molar-refractivity contribution in [3.05, 3.63) is 71.8 Å². The van der Waals surface area contributed by atoms with Crippen molar-refractivity contribution in [2.75, 3.05) is 6.61 Å². The Morgan fingerprint density at radius 2 is 1.29 bits per heavy atom. The Bertz CT molecular complexity index is 674. The molecule has 1 saturated heterocycles. The molecule has 6 nitrogen and oxygen atoms in total. The smallest absolute Gasteiger partial charge is 0.222 e. The van der Waals surface area contributed by atoms with Crippen LogP contribution in [0.2, 0.25) is 0 Å². The molecule has 5 atom stereocenters. The second kappa shape index (κ2) is 6.25. The van der Waals surface area contributed by atoms with E-state index >= 15 is 0 Å². The van der Waals surface area contributed by atoms with Crippen LogP contribution in [0.4, 0.5) is 0 Å². The van der Waals surface area contributed by atoms with Crippen LogP contribution < -0.4 is 0 Å². The molecule has 1 heterocycles. The third-order valence-electron chi connectivity index (χ3n) is 4.55. The topological polar surface area (TPSA) is 110 Å². The number of hydrogen-bond acceptors (Lipinski definition) is 6. The molecule has 6 heteroatoms. The van der Waals surface area contributed by atoms with Crippen LogP contribution in [0.3, 0.4) is 0 Å². The van der Waals surface area contributed by atoms with Crippen molar-refractivity contribution in [1.82, 2.24) is 0 Å². The Morgan fingerprint density at radius 1 is 0.792 bits per heavy atom. The molecule has 3 rings (SSSR count). The lowest BCUT2D eigenvalue weighted by Crippen LogP contribution is -2.68. The van der Waals surface area contributed by atoms with Crippen LogP contribution in [0.1, 0.15) is 11.1 Å². The van der Waals surface area contributed by atoms with Crippen LogP contribution in [0.5, 0.6) is 0 Å². The standard InChI is InChI=1S/C18H20O6/c19-11-14-17(22,12-7-3-1-4-8-12)15(20)16(21)18(23,24-14)13-9-5-2-6-10-13/h1-10,14-16,19-23H,11H2/t14-,15-,16-,17-,18+/m1/s1. The highest BCUT2D eigenvalue weighted by atomic mass is 16.7. The molecule has 0 unspecified atom stereocenters. The van der Waals surface area contributed by atoms with Gasteiger partial charge < -0.3 is 30.3 Å². The summed E-state index contributed by atoms with van der Waals surface area (Å²) in [6, 6.07) is 16.2. The first-order valence-corrected chi connectivity index (χ1v) is 7.65. The zero-order valence-corrected chi connectivity index (χ0v) is 12.9. The van der Waals surface area contributed by atoms with Crippen molar-refractivity contribution in [1.29, 1.82) is 0 Å². The van der Waals surface area contributed by atoms with Gasteiger partial charge in [-0.15, -0.1) is 0 Å². The van der Waals surface area contributed by atoms with Crippen LogP contribution in [-0.4, -0.2) is 50.5 Å². The summed E-state index contributed by atoms with van der Waals surface area (Å²) in [4.78, 5) is 0. The van der Waals surface area contributed by atoms with E-state index in [1.54, 1.807) is 48.5 Å². The van der Waals surface area contributed by atoms with E-state index in [0.717, 1.165) is 0 Å². The van der Waals surface area contributed by atoms with Gasteiger partial charge in [-0.05, 0) is 5.56 Å². The lowest BCUT2D eigenvalue weighted by molar-refractivity contribution is -0.386. The first kappa shape index (κ1) is 17.0. The van der Waals surface area contributed by atoms with E-state index < -0.39 is 36.3 Å². The van der Waals surface area contributed by atoms with E-state index in [-0.39, 0.29) is 11.1 Å². The lowest BCUT2D eigenvalue weighted by atomic mass is 9.75. The number of ether oxygens (including phenoxy) is 1. The second-order valence-corrected chi connectivity index (χ2v) is 5.93. The molecule has 0 saturated carbocycles. The molecular weight excluding hydrogens is 312 g/mol. The molecule has 2 aromatic rings. The van der Waals surface area contributed by atoms with E-state index in [0.29, 0.717) is 0 Å². The number of hydrogen-bond donors (Lipinski definition) is 5. The Labute approximate surface area is 139 Å². The molecule has 1 aliphatic heterocycles. The SMILES string of the molecule is OC[C@H]1O[C@@](O)(c2ccccc2)[C@H](O)[C@@H](O)[C@@]1(O)c1ccccc1. The highest BCUT2D eigenvalue weighted by molar-refractivity contribution is 5.31. The molecule has 128 valence electrons. The molecule has 0 aliphatic carbocycles.